The molecule has 2 aliphatic rings. The Kier molecular flexibility index (Phi) is 3.03. The number of benzene rings is 2. The van der Waals surface area contributed by atoms with Crippen LogP contribution < -0.4 is 14.2 Å². The third-order valence-corrected chi connectivity index (χ3v) is 4.38. The molecule has 0 saturated heterocycles. The Morgan fingerprint density at radius 3 is 2.88 bits per heavy atom. The Hall–Kier alpha value is -3.28. The molecule has 0 saturated carbocycles. The number of fused-ring (bicyclic) bond motifs is 3. The second kappa shape index (κ2) is 5.37. The lowest BCUT2D eigenvalue weighted by Crippen LogP contribution is -2.36. The van der Waals surface area contributed by atoms with E-state index in [4.69, 9.17) is 14.2 Å². The second-order valence-electron chi connectivity index (χ2n) is 6.06. The fourth-order valence-corrected chi connectivity index (χ4v) is 3.14. The van der Waals surface area contributed by atoms with Crippen molar-refractivity contribution in [3.05, 3.63) is 59.7 Å². The lowest BCUT2D eigenvalue weighted by atomic mass is 10.1. The summed E-state index contributed by atoms with van der Waals surface area (Å²) < 4.78 is 16.1. The van der Waals surface area contributed by atoms with E-state index < -0.39 is 6.09 Å². The highest BCUT2D eigenvalue weighted by atomic mass is 16.7. The predicted molar refractivity (Wildman–Crippen MR) is 89.6 cm³/mol. The number of para-hydroxylation sites is 1. The maximum Gasteiger partial charge on any atom is 0.417 e. The van der Waals surface area contributed by atoms with Gasteiger partial charge in [-0.05, 0) is 29.8 Å². The maximum absolute atomic E-state index is 12.3. The van der Waals surface area contributed by atoms with Crippen LogP contribution in [0.3, 0.4) is 0 Å². The summed E-state index contributed by atoms with van der Waals surface area (Å²) in [6, 6.07) is 15.5. The van der Waals surface area contributed by atoms with Gasteiger partial charge in [0.2, 0.25) is 12.7 Å². The second-order valence-corrected chi connectivity index (χ2v) is 6.06. The molecule has 0 spiro atoms. The minimum absolute atomic E-state index is 0.233. The molecule has 1 amide bonds. The molecular weight excluding hydrogens is 320 g/mol. The highest BCUT2D eigenvalue weighted by molar-refractivity contribution is 5.82. The van der Waals surface area contributed by atoms with Crippen LogP contribution >= 0.6 is 0 Å². The minimum Gasteiger partial charge on any atom is -0.454 e. The molecule has 0 N–H and O–H groups in total. The van der Waals surface area contributed by atoms with E-state index in [0.717, 1.165) is 27.8 Å². The quantitative estimate of drug-likeness (QED) is 0.718. The van der Waals surface area contributed by atoms with Gasteiger partial charge >= 0.3 is 6.09 Å². The summed E-state index contributed by atoms with van der Waals surface area (Å²) in [6.07, 6.45) is -0.395. The van der Waals surface area contributed by atoms with E-state index in [0.29, 0.717) is 24.7 Å². The van der Waals surface area contributed by atoms with Crippen LogP contribution in [0.5, 0.6) is 17.4 Å². The first-order valence-corrected chi connectivity index (χ1v) is 8.00. The smallest absolute Gasteiger partial charge is 0.417 e. The van der Waals surface area contributed by atoms with Crippen LogP contribution in [-0.4, -0.2) is 22.8 Å². The molecule has 3 heterocycles. The number of hydrogen-bond acceptors (Lipinski definition) is 5. The number of aromatic nitrogens is 1. The standard InChI is InChI=1S/C19H14N2O4/c22-19-21(9-12-5-6-16-17(7-12)24-11-23-16)10-14-8-13-3-1-2-4-15(13)20-18(14)25-19/h1-8H,9-11H2. The Morgan fingerprint density at radius 1 is 1.04 bits per heavy atom. The zero-order valence-corrected chi connectivity index (χ0v) is 13.3. The Morgan fingerprint density at radius 2 is 1.92 bits per heavy atom. The van der Waals surface area contributed by atoms with Crippen molar-refractivity contribution in [1.29, 1.82) is 0 Å². The lowest BCUT2D eigenvalue weighted by molar-refractivity contribution is 0.133. The van der Waals surface area contributed by atoms with E-state index >= 15 is 0 Å². The highest BCUT2D eigenvalue weighted by Crippen LogP contribution is 2.34. The van der Waals surface area contributed by atoms with Crippen molar-refractivity contribution in [2.45, 2.75) is 13.1 Å². The third-order valence-electron chi connectivity index (χ3n) is 4.38. The van der Waals surface area contributed by atoms with E-state index in [1.54, 1.807) is 4.90 Å². The molecule has 6 heteroatoms. The van der Waals surface area contributed by atoms with E-state index in [2.05, 4.69) is 4.98 Å². The average molecular weight is 334 g/mol. The van der Waals surface area contributed by atoms with E-state index in [9.17, 15) is 4.79 Å². The van der Waals surface area contributed by atoms with E-state index in [-0.39, 0.29) is 6.79 Å². The fourth-order valence-electron chi connectivity index (χ4n) is 3.14. The summed E-state index contributed by atoms with van der Waals surface area (Å²) in [7, 11) is 0. The van der Waals surface area contributed by atoms with Gasteiger partial charge in [0.1, 0.15) is 0 Å². The molecule has 25 heavy (non-hydrogen) atoms. The molecule has 2 aliphatic heterocycles. The molecule has 0 atom stereocenters. The Labute approximate surface area is 143 Å². The van der Waals surface area contributed by atoms with Gasteiger partial charge in [-0.2, -0.15) is 0 Å². The zero-order valence-electron chi connectivity index (χ0n) is 13.3. The molecule has 1 aromatic heterocycles. The molecule has 0 bridgehead atoms. The summed E-state index contributed by atoms with van der Waals surface area (Å²) in [4.78, 5) is 18.4. The molecule has 6 nitrogen and oxygen atoms in total. The average Bonchev–Trinajstić information content (AvgIpc) is 3.08. The fraction of sp³-hybridized carbons (Fsp3) is 0.158. The Bertz CT molecular complexity index is 1000. The molecule has 5 rings (SSSR count). The summed E-state index contributed by atoms with van der Waals surface area (Å²) in [5.41, 5.74) is 2.68. The van der Waals surface area contributed by atoms with Gasteiger partial charge in [0.05, 0.1) is 12.1 Å². The van der Waals surface area contributed by atoms with Crippen LogP contribution in [0.2, 0.25) is 0 Å². The minimum atomic E-state index is -0.395. The number of hydrogen-bond donors (Lipinski definition) is 0. The van der Waals surface area contributed by atoms with Crippen molar-refractivity contribution >= 4 is 17.0 Å². The van der Waals surface area contributed by atoms with E-state index in [1.807, 2.05) is 48.5 Å². The molecule has 2 aromatic carbocycles. The van der Waals surface area contributed by atoms with Crippen LogP contribution in [0.25, 0.3) is 10.9 Å². The van der Waals surface area contributed by atoms with Gasteiger partial charge in [-0.15, -0.1) is 0 Å². The summed E-state index contributed by atoms with van der Waals surface area (Å²) >= 11 is 0. The number of nitrogens with zero attached hydrogens (tertiary/aromatic N) is 2. The van der Waals surface area contributed by atoms with Crippen LogP contribution in [0.15, 0.2) is 48.5 Å². The zero-order chi connectivity index (χ0) is 16.8. The molecule has 0 aliphatic carbocycles. The van der Waals surface area contributed by atoms with Crippen molar-refractivity contribution in [2.24, 2.45) is 0 Å². The number of ether oxygens (including phenoxy) is 3. The number of carbonyl (C=O) groups excluding carboxylic acids is 1. The molecule has 124 valence electrons. The normalized spacial score (nSPS) is 15.2. The number of pyridine rings is 1. The van der Waals surface area contributed by atoms with Gasteiger partial charge in [0.25, 0.3) is 0 Å². The lowest BCUT2D eigenvalue weighted by Gasteiger charge is -2.27. The predicted octanol–water partition coefficient (Wildman–Crippen LogP) is 3.48. The molecule has 0 unspecified atom stereocenters. The maximum atomic E-state index is 12.3. The van der Waals surface area contributed by atoms with Gasteiger partial charge < -0.3 is 14.2 Å². The van der Waals surface area contributed by atoms with Crippen LogP contribution in [-0.2, 0) is 13.1 Å². The summed E-state index contributed by atoms with van der Waals surface area (Å²) in [6.45, 7) is 1.12. The van der Waals surface area contributed by atoms with Crippen LogP contribution in [0, 0.1) is 0 Å². The van der Waals surface area contributed by atoms with Crippen molar-refractivity contribution < 1.29 is 19.0 Å². The van der Waals surface area contributed by atoms with Crippen molar-refractivity contribution in [1.82, 2.24) is 9.88 Å². The first-order chi connectivity index (χ1) is 12.3. The monoisotopic (exact) mass is 334 g/mol. The number of rotatable bonds is 2. The SMILES string of the molecule is O=C1Oc2nc3ccccc3cc2CN1Cc1ccc2c(c1)OCO2. The molecular formula is C19H14N2O4. The molecule has 0 fully saturated rings. The van der Waals surface area contributed by atoms with Crippen LogP contribution in [0.1, 0.15) is 11.1 Å². The van der Waals surface area contributed by atoms with Crippen molar-refractivity contribution in [3.63, 3.8) is 0 Å². The van der Waals surface area contributed by atoms with Gasteiger partial charge in [-0.1, -0.05) is 24.3 Å². The Balaban J connectivity index is 1.44. The first-order valence-electron chi connectivity index (χ1n) is 8.00. The van der Waals surface area contributed by atoms with Gasteiger partial charge in [0.15, 0.2) is 11.5 Å². The first kappa shape index (κ1) is 14.1. The van der Waals surface area contributed by atoms with Gasteiger partial charge in [-0.3, -0.25) is 4.90 Å². The van der Waals surface area contributed by atoms with Crippen molar-refractivity contribution in [2.75, 3.05) is 6.79 Å². The van der Waals surface area contributed by atoms with Gasteiger partial charge in [0, 0.05) is 17.5 Å². The van der Waals surface area contributed by atoms with Crippen LogP contribution in [0.4, 0.5) is 4.79 Å². The topological polar surface area (TPSA) is 60.9 Å². The number of carbonyl (C=O) groups is 1. The summed E-state index contributed by atoms with van der Waals surface area (Å²) in [5, 5.41) is 1.03. The third kappa shape index (κ3) is 2.42. The molecule has 3 aromatic rings. The van der Waals surface area contributed by atoms with Crippen molar-refractivity contribution in [3.8, 4) is 17.4 Å². The summed E-state index contributed by atoms with van der Waals surface area (Å²) in [5.74, 6) is 1.83. The van der Waals surface area contributed by atoms with E-state index in [1.165, 1.54) is 0 Å². The number of amides is 1. The largest absolute Gasteiger partial charge is 0.454 e. The highest BCUT2D eigenvalue weighted by Gasteiger charge is 2.27. The van der Waals surface area contributed by atoms with Gasteiger partial charge in [-0.25, -0.2) is 9.78 Å². The molecule has 0 radical (unpaired) electrons.